The van der Waals surface area contributed by atoms with E-state index in [4.69, 9.17) is 4.74 Å². The van der Waals surface area contributed by atoms with E-state index in [2.05, 4.69) is 5.32 Å². The Balaban J connectivity index is 1.76. The highest BCUT2D eigenvalue weighted by Gasteiger charge is 2.31. The molecule has 90 valence electrons. The summed E-state index contributed by atoms with van der Waals surface area (Å²) in [5, 5.41) is 2.50. The van der Waals surface area contributed by atoms with Gasteiger partial charge in [-0.25, -0.2) is 4.39 Å². The Kier molecular flexibility index (Phi) is 3.37. The largest absolute Gasteiger partial charge is 0.455 e. The van der Waals surface area contributed by atoms with E-state index in [0.717, 1.165) is 12.8 Å². The number of nitrogens with one attached hydrogen (secondary N) is 1. The number of halogens is 1. The highest BCUT2D eigenvalue weighted by molar-refractivity contribution is 5.93. The number of rotatable bonds is 4. The van der Waals surface area contributed by atoms with Crippen molar-refractivity contribution in [1.29, 1.82) is 0 Å². The molecule has 0 saturated heterocycles. The van der Waals surface area contributed by atoms with Crippen LogP contribution in [0.2, 0.25) is 0 Å². The van der Waals surface area contributed by atoms with Crippen molar-refractivity contribution in [1.82, 2.24) is 0 Å². The predicted molar refractivity (Wildman–Crippen MR) is 58.7 cm³/mol. The van der Waals surface area contributed by atoms with Crippen molar-refractivity contribution in [3.63, 3.8) is 0 Å². The highest BCUT2D eigenvalue weighted by atomic mass is 19.1. The molecule has 0 radical (unpaired) electrons. The molecule has 1 aromatic carbocycles. The van der Waals surface area contributed by atoms with Gasteiger partial charge in [-0.1, -0.05) is 0 Å². The van der Waals surface area contributed by atoms with Crippen molar-refractivity contribution in [2.45, 2.75) is 12.8 Å². The molecule has 1 amide bonds. The Morgan fingerprint density at radius 1 is 1.29 bits per heavy atom. The van der Waals surface area contributed by atoms with Crippen LogP contribution in [0.3, 0.4) is 0 Å². The lowest BCUT2D eigenvalue weighted by molar-refractivity contribution is -0.148. The van der Waals surface area contributed by atoms with Gasteiger partial charge < -0.3 is 10.1 Å². The van der Waals surface area contributed by atoms with E-state index in [1.807, 2.05) is 0 Å². The maximum atomic E-state index is 12.6. The van der Waals surface area contributed by atoms with Gasteiger partial charge in [0.05, 0.1) is 5.92 Å². The third kappa shape index (κ3) is 3.55. The minimum Gasteiger partial charge on any atom is -0.455 e. The fourth-order valence-corrected chi connectivity index (χ4v) is 1.30. The maximum absolute atomic E-state index is 12.6. The number of amides is 1. The van der Waals surface area contributed by atoms with E-state index in [1.165, 1.54) is 24.3 Å². The molecule has 5 heteroatoms. The van der Waals surface area contributed by atoms with Gasteiger partial charge >= 0.3 is 5.97 Å². The molecule has 0 unspecified atom stereocenters. The molecule has 0 spiro atoms. The lowest BCUT2D eigenvalue weighted by atomic mass is 10.3. The third-order valence-electron chi connectivity index (χ3n) is 2.38. The van der Waals surface area contributed by atoms with Crippen molar-refractivity contribution in [3.05, 3.63) is 30.1 Å². The molecular weight excluding hydrogens is 225 g/mol. The summed E-state index contributed by atoms with van der Waals surface area (Å²) in [6, 6.07) is 5.36. The summed E-state index contributed by atoms with van der Waals surface area (Å²) in [6.07, 6.45) is 1.69. The van der Waals surface area contributed by atoms with Gasteiger partial charge in [0.25, 0.3) is 5.91 Å². The molecule has 0 heterocycles. The smallest absolute Gasteiger partial charge is 0.309 e. The fourth-order valence-electron chi connectivity index (χ4n) is 1.30. The van der Waals surface area contributed by atoms with E-state index in [9.17, 15) is 14.0 Å². The van der Waals surface area contributed by atoms with Crippen LogP contribution in [-0.4, -0.2) is 18.5 Å². The molecule has 4 nitrogen and oxygen atoms in total. The maximum Gasteiger partial charge on any atom is 0.309 e. The summed E-state index contributed by atoms with van der Waals surface area (Å²) in [5.74, 6) is -1.14. The number of hydrogen-bond donors (Lipinski definition) is 1. The van der Waals surface area contributed by atoms with Gasteiger partial charge in [-0.3, -0.25) is 9.59 Å². The SMILES string of the molecule is O=C(COC(=O)C1CC1)Nc1ccc(F)cc1. The number of anilines is 1. The normalized spacial score (nSPS) is 14.2. The molecule has 1 N–H and O–H groups in total. The zero-order valence-electron chi connectivity index (χ0n) is 9.11. The van der Waals surface area contributed by atoms with Crippen LogP contribution in [0.15, 0.2) is 24.3 Å². The first-order valence-electron chi connectivity index (χ1n) is 5.37. The van der Waals surface area contributed by atoms with Gasteiger partial charge in [-0.2, -0.15) is 0 Å². The van der Waals surface area contributed by atoms with E-state index >= 15 is 0 Å². The monoisotopic (exact) mass is 237 g/mol. The number of carbonyl (C=O) groups is 2. The highest BCUT2D eigenvalue weighted by Crippen LogP contribution is 2.29. The summed E-state index contributed by atoms with van der Waals surface area (Å²) in [7, 11) is 0. The van der Waals surface area contributed by atoms with Crippen LogP contribution in [0.5, 0.6) is 0 Å². The van der Waals surface area contributed by atoms with Crippen molar-refractivity contribution < 1.29 is 18.7 Å². The van der Waals surface area contributed by atoms with E-state index in [1.54, 1.807) is 0 Å². The Hall–Kier alpha value is -1.91. The van der Waals surface area contributed by atoms with Gasteiger partial charge in [0.1, 0.15) is 5.82 Å². The summed E-state index contributed by atoms with van der Waals surface area (Å²) in [4.78, 5) is 22.5. The number of esters is 1. The second-order valence-electron chi connectivity index (χ2n) is 3.94. The average Bonchev–Trinajstić information content (AvgIpc) is 3.13. The van der Waals surface area contributed by atoms with Crippen LogP contribution in [0.1, 0.15) is 12.8 Å². The van der Waals surface area contributed by atoms with Crippen LogP contribution >= 0.6 is 0 Å². The number of benzene rings is 1. The van der Waals surface area contributed by atoms with Crippen molar-refractivity contribution in [3.8, 4) is 0 Å². The third-order valence-corrected chi connectivity index (χ3v) is 2.38. The van der Waals surface area contributed by atoms with Gasteiger partial charge in [0, 0.05) is 5.69 Å². The Morgan fingerprint density at radius 2 is 1.94 bits per heavy atom. The van der Waals surface area contributed by atoms with Crippen LogP contribution in [0.4, 0.5) is 10.1 Å². The molecule has 17 heavy (non-hydrogen) atoms. The van der Waals surface area contributed by atoms with E-state index in [-0.39, 0.29) is 24.3 Å². The van der Waals surface area contributed by atoms with Crippen LogP contribution < -0.4 is 5.32 Å². The summed E-state index contributed by atoms with van der Waals surface area (Å²) in [5.41, 5.74) is 0.471. The first-order chi connectivity index (χ1) is 8.15. The molecular formula is C12H12FNO3. The molecule has 1 aromatic rings. The topological polar surface area (TPSA) is 55.4 Å². The molecule has 0 bridgehead atoms. The van der Waals surface area contributed by atoms with Crippen molar-refractivity contribution in [2.24, 2.45) is 5.92 Å². The van der Waals surface area contributed by atoms with Gasteiger partial charge in [-0.05, 0) is 37.1 Å². The number of carbonyl (C=O) groups excluding carboxylic acids is 2. The van der Waals surface area contributed by atoms with Gasteiger partial charge in [0.15, 0.2) is 6.61 Å². The Bertz CT molecular complexity index is 426. The number of hydrogen-bond acceptors (Lipinski definition) is 3. The van der Waals surface area contributed by atoms with Gasteiger partial charge in [-0.15, -0.1) is 0 Å². The molecule has 0 aliphatic heterocycles. The van der Waals surface area contributed by atoms with Crippen molar-refractivity contribution >= 4 is 17.6 Å². The first-order valence-corrected chi connectivity index (χ1v) is 5.37. The zero-order valence-corrected chi connectivity index (χ0v) is 9.11. The molecule has 0 aromatic heterocycles. The van der Waals surface area contributed by atoms with Crippen LogP contribution in [-0.2, 0) is 14.3 Å². The Labute approximate surface area is 97.8 Å². The Morgan fingerprint density at radius 3 is 2.53 bits per heavy atom. The molecule has 1 aliphatic carbocycles. The first kappa shape index (κ1) is 11.6. The minimum absolute atomic E-state index is 0.0198. The van der Waals surface area contributed by atoms with Gasteiger partial charge in [0.2, 0.25) is 0 Å². The quantitative estimate of drug-likeness (QED) is 0.811. The summed E-state index contributed by atoms with van der Waals surface area (Å²) in [6.45, 7) is -0.299. The summed E-state index contributed by atoms with van der Waals surface area (Å²) < 4.78 is 17.4. The molecule has 1 saturated carbocycles. The molecule has 0 atom stereocenters. The molecule has 1 aliphatic rings. The number of ether oxygens (including phenoxy) is 1. The minimum atomic E-state index is -0.425. The average molecular weight is 237 g/mol. The second kappa shape index (κ2) is 4.95. The fraction of sp³-hybridized carbons (Fsp3) is 0.333. The van der Waals surface area contributed by atoms with E-state index < -0.39 is 5.91 Å². The lowest BCUT2D eigenvalue weighted by Crippen LogP contribution is -2.21. The van der Waals surface area contributed by atoms with Crippen LogP contribution in [0, 0.1) is 11.7 Å². The predicted octanol–water partition coefficient (Wildman–Crippen LogP) is 1.72. The lowest BCUT2D eigenvalue weighted by Gasteiger charge is -2.05. The molecule has 2 rings (SSSR count). The van der Waals surface area contributed by atoms with Crippen LogP contribution in [0.25, 0.3) is 0 Å². The standard InChI is InChI=1S/C12H12FNO3/c13-9-3-5-10(6-4-9)14-11(15)7-17-12(16)8-1-2-8/h3-6,8H,1-2,7H2,(H,14,15). The summed E-state index contributed by atoms with van der Waals surface area (Å²) >= 11 is 0. The van der Waals surface area contributed by atoms with Crippen molar-refractivity contribution in [2.75, 3.05) is 11.9 Å². The van der Waals surface area contributed by atoms with E-state index in [0.29, 0.717) is 5.69 Å². The zero-order chi connectivity index (χ0) is 12.3. The second-order valence-corrected chi connectivity index (χ2v) is 3.94. The molecule has 1 fully saturated rings.